The molecule has 0 heterocycles. The highest BCUT2D eigenvalue weighted by molar-refractivity contribution is 6.01. The minimum atomic E-state index is -2.02. The van der Waals surface area contributed by atoms with Crippen LogP contribution in [0.25, 0.3) is 0 Å². The van der Waals surface area contributed by atoms with Gasteiger partial charge in [-0.2, -0.15) is 0 Å². The molecule has 0 aromatic heterocycles. The van der Waals surface area contributed by atoms with Crippen LogP contribution in [-0.2, 0) is 19.1 Å². The van der Waals surface area contributed by atoms with Gasteiger partial charge in [-0.3, -0.25) is 14.4 Å². The van der Waals surface area contributed by atoms with Crippen molar-refractivity contribution in [1.82, 2.24) is 0 Å². The van der Waals surface area contributed by atoms with Crippen LogP contribution < -0.4 is 0 Å². The number of hydrogen-bond acceptors (Lipinski definition) is 6. The molecule has 3 saturated carbocycles. The van der Waals surface area contributed by atoms with Crippen LogP contribution in [0.2, 0.25) is 0 Å². The van der Waals surface area contributed by atoms with E-state index in [-0.39, 0.29) is 30.5 Å². The number of carbonyl (C=O) groups excluding carboxylic acids is 3. The highest BCUT2D eigenvalue weighted by atomic mass is 19.1. The zero-order valence-corrected chi connectivity index (χ0v) is 18.5. The maximum atomic E-state index is 17.1. The lowest BCUT2D eigenvalue weighted by Gasteiger charge is -2.63. The van der Waals surface area contributed by atoms with Gasteiger partial charge in [-0.15, -0.1) is 0 Å². The zero-order valence-electron chi connectivity index (χ0n) is 18.5. The van der Waals surface area contributed by atoms with Gasteiger partial charge in [0.15, 0.2) is 18.1 Å². The van der Waals surface area contributed by atoms with Gasteiger partial charge in [-0.1, -0.05) is 25.5 Å². The van der Waals surface area contributed by atoms with Crippen molar-refractivity contribution < 1.29 is 33.7 Å². The molecule has 4 aliphatic rings. The summed E-state index contributed by atoms with van der Waals surface area (Å²) in [5.41, 5.74) is -5.30. The van der Waals surface area contributed by atoms with E-state index in [0.29, 0.717) is 18.4 Å². The Morgan fingerprint density at radius 3 is 2.61 bits per heavy atom. The third-order valence-electron chi connectivity index (χ3n) is 8.99. The predicted octanol–water partition coefficient (Wildman–Crippen LogP) is 2.47. The minimum absolute atomic E-state index is 0.0761. The van der Waals surface area contributed by atoms with Gasteiger partial charge in [0.25, 0.3) is 0 Å². The van der Waals surface area contributed by atoms with E-state index in [1.807, 2.05) is 6.92 Å². The van der Waals surface area contributed by atoms with Gasteiger partial charge < -0.3 is 14.9 Å². The zero-order chi connectivity index (χ0) is 23.0. The molecule has 0 unspecified atom stereocenters. The molecule has 170 valence electrons. The summed E-state index contributed by atoms with van der Waals surface area (Å²) in [6.07, 6.45) is 3.93. The van der Waals surface area contributed by atoms with Gasteiger partial charge in [0.1, 0.15) is 5.60 Å². The summed E-state index contributed by atoms with van der Waals surface area (Å²) >= 11 is 0. The Kier molecular flexibility index (Phi) is 4.91. The molecular formula is C24H31FO6. The average molecular weight is 435 g/mol. The van der Waals surface area contributed by atoms with Gasteiger partial charge >= 0.3 is 5.97 Å². The topological polar surface area (TPSA) is 101 Å². The second-order valence-corrected chi connectivity index (χ2v) is 10.4. The van der Waals surface area contributed by atoms with Crippen LogP contribution in [0, 0.1) is 28.6 Å². The Morgan fingerprint density at radius 1 is 1.29 bits per heavy atom. The number of ketones is 2. The van der Waals surface area contributed by atoms with Crippen LogP contribution >= 0.6 is 0 Å². The molecule has 7 heteroatoms. The first-order valence-corrected chi connectivity index (χ1v) is 11.0. The van der Waals surface area contributed by atoms with Crippen LogP contribution in [0.3, 0.4) is 0 Å². The van der Waals surface area contributed by atoms with E-state index in [4.69, 9.17) is 4.74 Å². The molecule has 0 saturated heterocycles. The molecule has 3 fully saturated rings. The average Bonchev–Trinajstić information content (AvgIpc) is 2.96. The molecule has 0 aromatic carbocycles. The largest absolute Gasteiger partial charge is 0.458 e. The molecule has 31 heavy (non-hydrogen) atoms. The number of Topliss-reactive ketones (excluding diaryl/α,β-unsaturated/α-hetero) is 1. The first-order valence-electron chi connectivity index (χ1n) is 11.0. The van der Waals surface area contributed by atoms with E-state index in [1.165, 1.54) is 19.1 Å². The summed E-state index contributed by atoms with van der Waals surface area (Å²) in [6.45, 7) is 6.10. The van der Waals surface area contributed by atoms with Crippen LogP contribution in [0.1, 0.15) is 53.4 Å². The fourth-order valence-electron chi connectivity index (χ4n) is 7.35. The lowest BCUT2D eigenvalue weighted by atomic mass is 9.43. The number of allylic oxidation sites excluding steroid dienone is 4. The van der Waals surface area contributed by atoms with E-state index >= 15 is 4.39 Å². The fourth-order valence-corrected chi connectivity index (χ4v) is 7.35. The molecule has 0 aromatic rings. The number of aliphatic hydroxyl groups is 2. The number of halogens is 1. The van der Waals surface area contributed by atoms with E-state index in [2.05, 4.69) is 0 Å². The fraction of sp³-hybridized carbons (Fsp3) is 0.708. The lowest BCUT2D eigenvalue weighted by molar-refractivity contribution is -0.221. The van der Waals surface area contributed by atoms with Gasteiger partial charge in [0.2, 0.25) is 5.78 Å². The first kappa shape index (κ1) is 22.3. The van der Waals surface area contributed by atoms with Crippen molar-refractivity contribution in [3.05, 3.63) is 23.8 Å². The number of rotatable bonds is 3. The van der Waals surface area contributed by atoms with Gasteiger partial charge in [-0.05, 0) is 56.6 Å². The smallest absolute Gasteiger partial charge is 0.303 e. The second kappa shape index (κ2) is 6.82. The van der Waals surface area contributed by atoms with Crippen LogP contribution in [0.5, 0.6) is 0 Å². The molecule has 0 aliphatic heterocycles. The second-order valence-electron chi connectivity index (χ2n) is 10.4. The molecule has 8 atom stereocenters. The monoisotopic (exact) mass is 434 g/mol. The van der Waals surface area contributed by atoms with E-state index < -0.39 is 52.5 Å². The van der Waals surface area contributed by atoms with E-state index in [9.17, 15) is 24.6 Å². The maximum Gasteiger partial charge on any atom is 0.303 e. The van der Waals surface area contributed by atoms with Crippen molar-refractivity contribution >= 4 is 17.5 Å². The molecule has 0 amide bonds. The Balaban J connectivity index is 1.75. The number of fused-ring (bicyclic) bond motifs is 5. The van der Waals surface area contributed by atoms with Crippen molar-refractivity contribution in [1.29, 1.82) is 0 Å². The Hall–Kier alpha value is -1.86. The third kappa shape index (κ3) is 2.72. The molecule has 6 nitrogen and oxygen atoms in total. The highest BCUT2D eigenvalue weighted by Gasteiger charge is 2.74. The van der Waals surface area contributed by atoms with E-state index in [0.717, 1.165) is 0 Å². The van der Waals surface area contributed by atoms with Crippen molar-refractivity contribution in [3.63, 3.8) is 0 Å². The van der Waals surface area contributed by atoms with Crippen LogP contribution in [0.4, 0.5) is 4.39 Å². The van der Waals surface area contributed by atoms with Gasteiger partial charge in [-0.25, -0.2) is 4.39 Å². The summed E-state index contributed by atoms with van der Waals surface area (Å²) in [7, 11) is 0. The number of alkyl halides is 1. The molecule has 0 bridgehead atoms. The molecule has 0 spiro atoms. The number of hydrogen-bond donors (Lipinski definition) is 2. The molecule has 4 rings (SSSR count). The number of aliphatic hydroxyl groups excluding tert-OH is 1. The summed E-state index contributed by atoms with van der Waals surface area (Å²) < 4.78 is 21.9. The summed E-state index contributed by atoms with van der Waals surface area (Å²) in [4.78, 5) is 36.1. The quantitative estimate of drug-likeness (QED) is 0.662. The lowest BCUT2D eigenvalue weighted by Crippen LogP contribution is -2.70. The normalized spacial score (nSPS) is 48.4. The van der Waals surface area contributed by atoms with E-state index in [1.54, 1.807) is 19.9 Å². The number of esters is 1. The number of carbonyl (C=O) groups is 3. The SMILES string of the molecule is CC(=O)OCC(=O)[C@]1(O)CC[C@H]2[C@@H]3C[C@H](C)C4=CC(=O)C=C[C@]4(C)[C@@]3(F)[C@@H](O)C[C@@]21C. The van der Waals surface area contributed by atoms with Crippen LogP contribution in [0.15, 0.2) is 23.8 Å². The van der Waals surface area contributed by atoms with Crippen molar-refractivity contribution in [3.8, 4) is 0 Å². The van der Waals surface area contributed by atoms with Crippen molar-refractivity contribution in [2.45, 2.75) is 70.8 Å². The molecule has 4 aliphatic carbocycles. The standard InChI is InChI=1S/C24H31FO6/c1-13-9-18-16-6-8-23(30,20(29)12-31-14(2)26)22(16,4)11-19(28)24(18,25)21(3)7-5-15(27)10-17(13)21/h5,7,10,13,16,18-19,28,30H,6,8-9,11-12H2,1-4H3/t13-,16-,18-,19-,21-,22-,23+,24-/m0/s1. The van der Waals surface area contributed by atoms with Crippen LogP contribution in [-0.4, -0.2) is 51.7 Å². The Bertz CT molecular complexity index is 910. The number of ether oxygens (including phenoxy) is 1. The Labute approximate surface area is 181 Å². The molecule has 2 N–H and O–H groups in total. The first-order chi connectivity index (χ1) is 14.3. The van der Waals surface area contributed by atoms with Gasteiger partial charge in [0.05, 0.1) is 6.10 Å². The van der Waals surface area contributed by atoms with Gasteiger partial charge in [0, 0.05) is 23.7 Å². The molecule has 0 radical (unpaired) electrons. The Morgan fingerprint density at radius 2 is 1.97 bits per heavy atom. The predicted molar refractivity (Wildman–Crippen MR) is 109 cm³/mol. The summed E-state index contributed by atoms with van der Waals surface area (Å²) in [5.74, 6) is -2.40. The highest BCUT2D eigenvalue weighted by Crippen LogP contribution is 2.70. The maximum absolute atomic E-state index is 17.1. The minimum Gasteiger partial charge on any atom is -0.458 e. The van der Waals surface area contributed by atoms with Crippen molar-refractivity contribution in [2.75, 3.05) is 6.61 Å². The molecular weight excluding hydrogens is 403 g/mol. The summed E-state index contributed by atoms with van der Waals surface area (Å²) in [5, 5.41) is 22.7. The third-order valence-corrected chi connectivity index (χ3v) is 8.99. The van der Waals surface area contributed by atoms with Crippen molar-refractivity contribution in [2.24, 2.45) is 28.6 Å². The summed E-state index contributed by atoms with van der Waals surface area (Å²) in [6, 6.07) is 0.